The summed E-state index contributed by atoms with van der Waals surface area (Å²) in [5.41, 5.74) is 1.41. The first-order valence-electron chi connectivity index (χ1n) is 9.72. The summed E-state index contributed by atoms with van der Waals surface area (Å²) in [6, 6.07) is 12.7. The van der Waals surface area contributed by atoms with Crippen molar-refractivity contribution in [1.82, 2.24) is 20.0 Å². The first-order chi connectivity index (χ1) is 14.9. The zero-order valence-corrected chi connectivity index (χ0v) is 16.2. The Morgan fingerprint density at radius 3 is 2.87 bits per heavy atom. The average Bonchev–Trinajstić information content (AvgIpc) is 3.47. The molecule has 5 rings (SSSR count). The average molecular weight is 426 g/mol. The van der Waals surface area contributed by atoms with Crippen LogP contribution in [0.2, 0.25) is 0 Å². The monoisotopic (exact) mass is 426 g/mol. The Labute approximate surface area is 174 Å². The van der Waals surface area contributed by atoms with Gasteiger partial charge in [-0.3, -0.25) is 4.79 Å². The maximum absolute atomic E-state index is 12.9. The summed E-state index contributed by atoms with van der Waals surface area (Å²) in [5.74, 6) is 0.350. The highest BCUT2D eigenvalue weighted by atomic mass is 19.4. The topological polar surface area (TPSA) is 75.0 Å². The number of rotatable bonds is 4. The predicted octanol–water partition coefficient (Wildman–Crippen LogP) is 4.75. The van der Waals surface area contributed by atoms with Crippen LogP contribution in [0.4, 0.5) is 13.2 Å². The van der Waals surface area contributed by atoms with Gasteiger partial charge >= 0.3 is 6.18 Å². The van der Waals surface area contributed by atoms with E-state index in [4.69, 9.17) is 4.52 Å². The first kappa shape index (κ1) is 19.3. The molecule has 9 heteroatoms. The molecule has 1 unspecified atom stereocenters. The molecule has 0 spiro atoms. The fraction of sp³-hybridized carbons (Fsp3) is 0.227. The van der Waals surface area contributed by atoms with E-state index in [-0.39, 0.29) is 24.8 Å². The molecule has 0 saturated carbocycles. The standard InChI is InChI=1S/C22H17F3N4O2/c23-22(24,25)17-3-1-2-13(8-17)11-29-12-16(10-19(29)30)20-27-21(31-28-20)15-5-4-14-6-7-26-18(14)9-15/h1-9,16,26H,10-12H2. The van der Waals surface area contributed by atoms with Gasteiger partial charge in [-0.15, -0.1) is 0 Å². The second-order valence-electron chi connectivity index (χ2n) is 7.61. The van der Waals surface area contributed by atoms with Crippen LogP contribution in [-0.2, 0) is 17.5 Å². The Hall–Kier alpha value is -3.62. The van der Waals surface area contributed by atoms with Gasteiger partial charge in [-0.05, 0) is 41.3 Å². The van der Waals surface area contributed by atoms with Gasteiger partial charge in [-0.2, -0.15) is 18.2 Å². The molecule has 3 heterocycles. The number of benzene rings is 2. The number of hydrogen-bond donors (Lipinski definition) is 1. The number of carbonyl (C=O) groups is 1. The number of aromatic nitrogens is 3. The van der Waals surface area contributed by atoms with E-state index in [1.165, 1.54) is 11.0 Å². The number of halogens is 3. The molecule has 0 radical (unpaired) electrons. The normalized spacial score (nSPS) is 17.1. The number of aromatic amines is 1. The minimum Gasteiger partial charge on any atom is -0.361 e. The van der Waals surface area contributed by atoms with Gasteiger partial charge in [0.25, 0.3) is 5.89 Å². The highest BCUT2D eigenvalue weighted by molar-refractivity contribution is 5.83. The number of alkyl halides is 3. The van der Waals surface area contributed by atoms with Gasteiger partial charge in [0, 0.05) is 42.7 Å². The number of nitrogens with zero attached hydrogens (tertiary/aromatic N) is 3. The van der Waals surface area contributed by atoms with Crippen LogP contribution in [-0.4, -0.2) is 32.5 Å². The Kier molecular flexibility index (Phi) is 4.53. The summed E-state index contributed by atoms with van der Waals surface area (Å²) in [6.45, 7) is 0.428. The maximum atomic E-state index is 12.9. The molecule has 158 valence electrons. The summed E-state index contributed by atoms with van der Waals surface area (Å²) >= 11 is 0. The van der Waals surface area contributed by atoms with E-state index in [1.807, 2.05) is 30.5 Å². The molecule has 1 N–H and O–H groups in total. The lowest BCUT2D eigenvalue weighted by Crippen LogP contribution is -2.24. The van der Waals surface area contributed by atoms with Gasteiger partial charge in [-0.25, -0.2) is 0 Å². The third kappa shape index (κ3) is 3.78. The van der Waals surface area contributed by atoms with Crippen molar-refractivity contribution in [3.63, 3.8) is 0 Å². The van der Waals surface area contributed by atoms with Crippen molar-refractivity contribution < 1.29 is 22.5 Å². The van der Waals surface area contributed by atoms with Crippen LogP contribution in [0.3, 0.4) is 0 Å². The fourth-order valence-electron chi connectivity index (χ4n) is 3.86. The molecule has 0 bridgehead atoms. The number of hydrogen-bond acceptors (Lipinski definition) is 4. The summed E-state index contributed by atoms with van der Waals surface area (Å²) in [7, 11) is 0. The van der Waals surface area contributed by atoms with Crippen LogP contribution in [0.5, 0.6) is 0 Å². The van der Waals surface area contributed by atoms with Crippen LogP contribution in [0, 0.1) is 0 Å². The van der Waals surface area contributed by atoms with Crippen molar-refractivity contribution in [1.29, 1.82) is 0 Å². The predicted molar refractivity (Wildman–Crippen MR) is 106 cm³/mol. The van der Waals surface area contributed by atoms with Gasteiger partial charge in [0.1, 0.15) is 0 Å². The lowest BCUT2D eigenvalue weighted by atomic mass is 10.1. The van der Waals surface area contributed by atoms with E-state index in [1.54, 1.807) is 6.07 Å². The van der Waals surface area contributed by atoms with Crippen molar-refractivity contribution in [2.75, 3.05) is 6.54 Å². The first-order valence-corrected chi connectivity index (χ1v) is 9.72. The van der Waals surface area contributed by atoms with Crippen LogP contribution >= 0.6 is 0 Å². The van der Waals surface area contributed by atoms with Gasteiger partial charge in [0.05, 0.1) is 5.56 Å². The zero-order valence-electron chi connectivity index (χ0n) is 16.2. The molecular formula is C22H17F3N4O2. The van der Waals surface area contributed by atoms with Crippen LogP contribution in [0.1, 0.15) is 29.3 Å². The highest BCUT2D eigenvalue weighted by Crippen LogP contribution is 2.32. The van der Waals surface area contributed by atoms with Crippen molar-refractivity contribution in [3.8, 4) is 11.5 Å². The molecule has 2 aromatic heterocycles. The minimum atomic E-state index is -4.42. The maximum Gasteiger partial charge on any atom is 0.416 e. The number of likely N-dealkylation sites (tertiary alicyclic amines) is 1. The number of nitrogens with one attached hydrogen (secondary N) is 1. The number of H-pyrrole nitrogens is 1. The molecule has 1 saturated heterocycles. The molecule has 2 aromatic carbocycles. The third-order valence-electron chi connectivity index (χ3n) is 5.45. The summed E-state index contributed by atoms with van der Waals surface area (Å²) in [6.07, 6.45) is -2.39. The SMILES string of the molecule is O=C1CC(c2noc(-c3ccc4cc[nH]c4c3)n2)CN1Cc1cccc(C(F)(F)F)c1. The van der Waals surface area contributed by atoms with Crippen molar-refractivity contribution in [2.24, 2.45) is 0 Å². The van der Waals surface area contributed by atoms with Crippen molar-refractivity contribution in [3.05, 3.63) is 71.7 Å². The third-order valence-corrected chi connectivity index (χ3v) is 5.45. The van der Waals surface area contributed by atoms with E-state index >= 15 is 0 Å². The van der Waals surface area contributed by atoms with Crippen LogP contribution in [0.25, 0.3) is 22.4 Å². The van der Waals surface area contributed by atoms with Crippen molar-refractivity contribution >= 4 is 16.8 Å². The summed E-state index contributed by atoms with van der Waals surface area (Å²) in [4.78, 5) is 21.6. The molecule has 6 nitrogen and oxygen atoms in total. The van der Waals surface area contributed by atoms with Gasteiger partial charge in [-0.1, -0.05) is 23.4 Å². The Morgan fingerprint density at radius 1 is 1.16 bits per heavy atom. The van der Waals surface area contributed by atoms with E-state index in [0.29, 0.717) is 23.8 Å². The van der Waals surface area contributed by atoms with Gasteiger partial charge in [0.15, 0.2) is 5.82 Å². The molecule has 1 aliphatic heterocycles. The smallest absolute Gasteiger partial charge is 0.361 e. The zero-order chi connectivity index (χ0) is 21.6. The van der Waals surface area contributed by atoms with E-state index < -0.39 is 11.7 Å². The quantitative estimate of drug-likeness (QED) is 0.511. The Morgan fingerprint density at radius 2 is 2.03 bits per heavy atom. The lowest BCUT2D eigenvalue weighted by molar-refractivity contribution is -0.137. The summed E-state index contributed by atoms with van der Waals surface area (Å²) < 4.78 is 44.2. The molecular weight excluding hydrogens is 409 g/mol. The Balaban J connectivity index is 1.31. The fourth-order valence-corrected chi connectivity index (χ4v) is 3.86. The molecule has 1 fully saturated rings. The molecule has 1 aliphatic rings. The van der Waals surface area contributed by atoms with Crippen LogP contribution < -0.4 is 0 Å². The lowest BCUT2D eigenvalue weighted by Gasteiger charge is -2.17. The largest absolute Gasteiger partial charge is 0.416 e. The Bertz CT molecular complexity index is 1260. The number of fused-ring (bicyclic) bond motifs is 1. The van der Waals surface area contributed by atoms with Crippen LogP contribution in [0.15, 0.2) is 59.3 Å². The van der Waals surface area contributed by atoms with E-state index in [2.05, 4.69) is 15.1 Å². The second-order valence-corrected chi connectivity index (χ2v) is 7.61. The van der Waals surface area contributed by atoms with Gasteiger partial charge in [0.2, 0.25) is 5.91 Å². The van der Waals surface area contributed by atoms with Gasteiger partial charge < -0.3 is 14.4 Å². The summed E-state index contributed by atoms with van der Waals surface area (Å²) in [5, 5.41) is 5.11. The van der Waals surface area contributed by atoms with Crippen molar-refractivity contribution in [2.45, 2.75) is 25.1 Å². The molecule has 1 atom stereocenters. The number of amides is 1. The molecule has 4 aromatic rings. The van der Waals surface area contributed by atoms with E-state index in [0.717, 1.165) is 28.6 Å². The molecule has 1 amide bonds. The minimum absolute atomic E-state index is 0.105. The highest BCUT2D eigenvalue weighted by Gasteiger charge is 2.35. The second kappa shape index (κ2) is 7.26. The number of carbonyl (C=O) groups excluding carboxylic acids is 1. The molecule has 0 aliphatic carbocycles. The van der Waals surface area contributed by atoms with E-state index in [9.17, 15) is 18.0 Å². The molecule has 31 heavy (non-hydrogen) atoms.